The van der Waals surface area contributed by atoms with Crippen LogP contribution in [-0.4, -0.2) is 54.2 Å². The summed E-state index contributed by atoms with van der Waals surface area (Å²) in [7, 11) is 0. The van der Waals surface area contributed by atoms with Crippen molar-refractivity contribution in [2.75, 3.05) is 26.4 Å². The van der Waals surface area contributed by atoms with Gasteiger partial charge < -0.3 is 29.0 Å². The molecule has 3 aromatic rings. The van der Waals surface area contributed by atoms with E-state index in [1.807, 2.05) is 48.5 Å². The van der Waals surface area contributed by atoms with E-state index in [0.29, 0.717) is 53.9 Å². The highest BCUT2D eigenvalue weighted by atomic mass is 16.6. The number of hydrogen-bond donors (Lipinski definition) is 1. The molecule has 3 aliphatic rings. The standard InChI is InChI=1S/C30H27NO7/c32-28(20-11-12-24-25(17-20)37-15-14-36-24)26-27(31(30(34)29(26)33)18-23-10-5-13-35-23)19-6-4-9-22(16-19)38-21-7-2-1-3-8-21/h1-4,6-9,11-12,16-17,23,27,32H,5,10,13-15,18H2/t23-,27+/m0/s1. The van der Waals surface area contributed by atoms with Gasteiger partial charge in [0.15, 0.2) is 11.5 Å². The molecule has 8 nitrogen and oxygen atoms in total. The van der Waals surface area contributed by atoms with Crippen molar-refractivity contribution in [3.05, 3.63) is 89.5 Å². The van der Waals surface area contributed by atoms with Gasteiger partial charge in [0, 0.05) is 18.7 Å². The highest BCUT2D eigenvalue weighted by Gasteiger charge is 2.47. The van der Waals surface area contributed by atoms with Crippen molar-refractivity contribution in [3.8, 4) is 23.0 Å². The van der Waals surface area contributed by atoms with E-state index in [1.54, 1.807) is 24.3 Å². The van der Waals surface area contributed by atoms with Crippen LogP contribution in [0.4, 0.5) is 0 Å². The van der Waals surface area contributed by atoms with Gasteiger partial charge in [0.25, 0.3) is 11.7 Å². The van der Waals surface area contributed by atoms with Gasteiger partial charge in [-0.2, -0.15) is 0 Å². The van der Waals surface area contributed by atoms with Crippen LogP contribution in [0.15, 0.2) is 78.4 Å². The first-order valence-electron chi connectivity index (χ1n) is 12.7. The van der Waals surface area contributed by atoms with Gasteiger partial charge in [-0.05, 0) is 60.9 Å². The summed E-state index contributed by atoms with van der Waals surface area (Å²) in [6, 6.07) is 20.7. The molecule has 6 rings (SSSR count). The van der Waals surface area contributed by atoms with Crippen molar-refractivity contribution in [2.24, 2.45) is 0 Å². The molecule has 194 valence electrons. The number of rotatable bonds is 6. The highest BCUT2D eigenvalue weighted by molar-refractivity contribution is 6.46. The Morgan fingerprint density at radius 3 is 2.47 bits per heavy atom. The Hall–Kier alpha value is -4.30. The van der Waals surface area contributed by atoms with Crippen LogP contribution in [-0.2, 0) is 14.3 Å². The van der Waals surface area contributed by atoms with E-state index in [4.69, 9.17) is 18.9 Å². The number of carbonyl (C=O) groups is 2. The highest BCUT2D eigenvalue weighted by Crippen LogP contribution is 2.42. The molecule has 0 bridgehead atoms. The van der Waals surface area contributed by atoms with Crippen LogP contribution >= 0.6 is 0 Å². The molecule has 0 aliphatic carbocycles. The number of nitrogens with zero attached hydrogens (tertiary/aromatic N) is 1. The van der Waals surface area contributed by atoms with Gasteiger partial charge in [0.05, 0.1) is 17.7 Å². The molecule has 2 saturated heterocycles. The summed E-state index contributed by atoms with van der Waals surface area (Å²) in [4.78, 5) is 28.3. The maximum absolute atomic E-state index is 13.4. The third kappa shape index (κ3) is 4.59. The number of benzene rings is 3. The Morgan fingerprint density at radius 1 is 0.895 bits per heavy atom. The largest absolute Gasteiger partial charge is 0.507 e. The van der Waals surface area contributed by atoms with Crippen molar-refractivity contribution in [1.29, 1.82) is 0 Å². The van der Waals surface area contributed by atoms with Crippen molar-refractivity contribution in [1.82, 2.24) is 4.90 Å². The number of Topliss-reactive ketones (excluding diaryl/α,β-unsaturated/α-hetero) is 1. The first-order chi connectivity index (χ1) is 18.6. The number of likely N-dealkylation sites (tertiary alicyclic amines) is 1. The van der Waals surface area contributed by atoms with Gasteiger partial charge in [-0.15, -0.1) is 0 Å². The fourth-order valence-electron chi connectivity index (χ4n) is 5.14. The number of aliphatic hydroxyl groups is 1. The van der Waals surface area contributed by atoms with Gasteiger partial charge in [0.2, 0.25) is 0 Å². The second kappa shape index (κ2) is 10.2. The number of amides is 1. The predicted octanol–water partition coefficient (Wildman–Crippen LogP) is 4.85. The molecule has 3 aromatic carbocycles. The Balaban J connectivity index is 1.42. The Morgan fingerprint density at radius 2 is 1.68 bits per heavy atom. The van der Waals surface area contributed by atoms with Crippen LogP contribution in [0.5, 0.6) is 23.0 Å². The van der Waals surface area contributed by atoms with E-state index in [0.717, 1.165) is 12.8 Å². The summed E-state index contributed by atoms with van der Waals surface area (Å²) in [6.07, 6.45) is 1.53. The third-order valence-corrected chi connectivity index (χ3v) is 6.93. The number of ether oxygens (including phenoxy) is 4. The Labute approximate surface area is 220 Å². The monoisotopic (exact) mass is 513 g/mol. The lowest BCUT2D eigenvalue weighted by molar-refractivity contribution is -0.140. The summed E-state index contributed by atoms with van der Waals surface area (Å²) in [6.45, 7) is 1.69. The fourth-order valence-corrected chi connectivity index (χ4v) is 5.14. The zero-order chi connectivity index (χ0) is 26.1. The first-order valence-corrected chi connectivity index (χ1v) is 12.7. The van der Waals surface area contributed by atoms with Gasteiger partial charge in [-0.3, -0.25) is 9.59 Å². The minimum absolute atomic E-state index is 0.0153. The third-order valence-electron chi connectivity index (χ3n) is 6.93. The van der Waals surface area contributed by atoms with E-state index in [2.05, 4.69) is 0 Å². The summed E-state index contributed by atoms with van der Waals surface area (Å²) >= 11 is 0. The topological polar surface area (TPSA) is 94.5 Å². The molecule has 3 heterocycles. The molecule has 8 heteroatoms. The maximum Gasteiger partial charge on any atom is 0.295 e. The second-order valence-electron chi connectivity index (χ2n) is 9.43. The average Bonchev–Trinajstić information content (AvgIpc) is 3.55. The maximum atomic E-state index is 13.4. The molecule has 0 aromatic heterocycles. The summed E-state index contributed by atoms with van der Waals surface area (Å²) in [5.74, 6) is 0.575. The zero-order valence-electron chi connectivity index (χ0n) is 20.7. The fraction of sp³-hybridized carbons (Fsp3) is 0.267. The minimum atomic E-state index is -0.813. The Kier molecular flexibility index (Phi) is 6.47. The van der Waals surface area contributed by atoms with Gasteiger partial charge >= 0.3 is 0 Å². The summed E-state index contributed by atoms with van der Waals surface area (Å²) in [5, 5.41) is 11.4. The van der Waals surface area contributed by atoms with E-state index in [1.165, 1.54) is 4.90 Å². The molecule has 0 unspecified atom stereocenters. The Bertz CT molecular complexity index is 1390. The predicted molar refractivity (Wildman–Crippen MR) is 138 cm³/mol. The molecule has 0 spiro atoms. The van der Waals surface area contributed by atoms with Gasteiger partial charge in [-0.1, -0.05) is 30.3 Å². The number of para-hydroxylation sites is 1. The molecular formula is C30H27NO7. The van der Waals surface area contributed by atoms with Crippen molar-refractivity contribution < 1.29 is 33.6 Å². The van der Waals surface area contributed by atoms with Gasteiger partial charge in [-0.25, -0.2) is 0 Å². The van der Waals surface area contributed by atoms with E-state index >= 15 is 0 Å². The SMILES string of the molecule is O=C1C(=O)N(C[C@@H]2CCCO2)[C@H](c2cccc(Oc3ccccc3)c2)C1=C(O)c1ccc2c(c1)OCCO2. The van der Waals surface area contributed by atoms with Crippen molar-refractivity contribution in [3.63, 3.8) is 0 Å². The lowest BCUT2D eigenvalue weighted by Gasteiger charge is -2.28. The molecule has 0 radical (unpaired) electrons. The van der Waals surface area contributed by atoms with E-state index in [-0.39, 0.29) is 24.0 Å². The lowest BCUT2D eigenvalue weighted by atomic mass is 9.95. The molecule has 1 amide bonds. The molecule has 38 heavy (non-hydrogen) atoms. The smallest absolute Gasteiger partial charge is 0.295 e. The molecule has 1 N–H and O–H groups in total. The lowest BCUT2D eigenvalue weighted by Crippen LogP contribution is -2.36. The molecular weight excluding hydrogens is 486 g/mol. The van der Waals surface area contributed by atoms with Crippen LogP contribution in [0.2, 0.25) is 0 Å². The van der Waals surface area contributed by atoms with E-state index in [9.17, 15) is 14.7 Å². The van der Waals surface area contributed by atoms with Gasteiger partial charge in [0.1, 0.15) is 30.5 Å². The van der Waals surface area contributed by atoms with Crippen molar-refractivity contribution >= 4 is 17.4 Å². The molecule has 3 aliphatic heterocycles. The van der Waals surface area contributed by atoms with Crippen LogP contribution in [0.3, 0.4) is 0 Å². The average molecular weight is 514 g/mol. The first kappa shape index (κ1) is 24.1. The summed E-state index contributed by atoms with van der Waals surface area (Å²) < 4.78 is 23.1. The summed E-state index contributed by atoms with van der Waals surface area (Å²) in [5.41, 5.74) is 1.03. The molecule has 0 saturated carbocycles. The van der Waals surface area contributed by atoms with Crippen LogP contribution in [0.25, 0.3) is 5.76 Å². The number of carbonyl (C=O) groups excluding carboxylic acids is 2. The van der Waals surface area contributed by atoms with Crippen LogP contribution < -0.4 is 14.2 Å². The van der Waals surface area contributed by atoms with E-state index < -0.39 is 17.7 Å². The van der Waals surface area contributed by atoms with Crippen LogP contribution in [0, 0.1) is 0 Å². The number of ketones is 1. The number of aliphatic hydroxyl groups excluding tert-OH is 1. The zero-order valence-corrected chi connectivity index (χ0v) is 20.7. The molecule has 2 fully saturated rings. The number of hydrogen-bond acceptors (Lipinski definition) is 7. The van der Waals surface area contributed by atoms with Crippen molar-refractivity contribution in [2.45, 2.75) is 25.0 Å². The number of fused-ring (bicyclic) bond motifs is 1. The normalized spacial score (nSPS) is 22.1. The minimum Gasteiger partial charge on any atom is -0.507 e. The second-order valence-corrected chi connectivity index (χ2v) is 9.43. The van der Waals surface area contributed by atoms with Crippen LogP contribution in [0.1, 0.15) is 30.0 Å². The quantitative estimate of drug-likeness (QED) is 0.286. The molecule has 2 atom stereocenters.